The average molecular weight is 239 g/mol. The van der Waals surface area contributed by atoms with Crippen molar-refractivity contribution in [2.24, 2.45) is 11.8 Å². The lowest BCUT2D eigenvalue weighted by Gasteiger charge is -2.05. The second-order valence-corrected chi connectivity index (χ2v) is 4.70. The van der Waals surface area contributed by atoms with Crippen LogP contribution >= 0.6 is 15.9 Å². The summed E-state index contributed by atoms with van der Waals surface area (Å²) >= 11 is 3.56. The first-order chi connectivity index (χ1) is 6.33. The number of halogens is 1. The lowest BCUT2D eigenvalue weighted by atomic mass is 10.0. The fourth-order valence-corrected chi connectivity index (χ4v) is 2.52. The summed E-state index contributed by atoms with van der Waals surface area (Å²) in [5.74, 6) is 2.58. The summed E-state index contributed by atoms with van der Waals surface area (Å²) < 4.78 is 0. The van der Waals surface area contributed by atoms with Gasteiger partial charge in [0, 0.05) is 5.33 Å². The van der Waals surface area contributed by atoms with Gasteiger partial charge in [-0.1, -0.05) is 53.2 Å². The average Bonchev–Trinajstić information content (AvgIpc) is 2.98. The van der Waals surface area contributed by atoms with Crippen LogP contribution in [0.25, 0.3) is 0 Å². The van der Waals surface area contributed by atoms with Gasteiger partial charge in [-0.15, -0.1) is 0 Å². The number of rotatable bonds is 3. The first-order valence-electron chi connectivity index (χ1n) is 4.94. The van der Waals surface area contributed by atoms with Gasteiger partial charge in [-0.05, 0) is 29.7 Å². The minimum Gasteiger partial charge on any atom is -0.0925 e. The Balaban J connectivity index is 2.00. The standard InChI is InChI=1S/C12H15Br/c1-9(8-13)11-7-12(11)10-5-3-2-4-6-10/h2-6,9,11-12H,7-8H2,1H3. The first kappa shape index (κ1) is 9.26. The first-order valence-corrected chi connectivity index (χ1v) is 6.06. The molecule has 0 bridgehead atoms. The summed E-state index contributed by atoms with van der Waals surface area (Å²) in [4.78, 5) is 0. The maximum absolute atomic E-state index is 3.56. The van der Waals surface area contributed by atoms with Crippen LogP contribution in [0, 0.1) is 11.8 Å². The van der Waals surface area contributed by atoms with Crippen molar-refractivity contribution in [2.45, 2.75) is 19.3 Å². The van der Waals surface area contributed by atoms with Crippen LogP contribution in [-0.4, -0.2) is 5.33 Å². The van der Waals surface area contributed by atoms with E-state index in [1.54, 1.807) is 0 Å². The molecule has 0 saturated heterocycles. The monoisotopic (exact) mass is 238 g/mol. The summed E-state index contributed by atoms with van der Waals surface area (Å²) in [6.07, 6.45) is 1.39. The molecule has 1 heteroatoms. The van der Waals surface area contributed by atoms with Gasteiger partial charge in [0.15, 0.2) is 0 Å². The van der Waals surface area contributed by atoms with Crippen molar-refractivity contribution in [2.75, 3.05) is 5.33 Å². The van der Waals surface area contributed by atoms with E-state index in [2.05, 4.69) is 53.2 Å². The van der Waals surface area contributed by atoms with Gasteiger partial charge in [0.2, 0.25) is 0 Å². The summed E-state index contributed by atoms with van der Waals surface area (Å²) in [6.45, 7) is 2.34. The topological polar surface area (TPSA) is 0 Å². The molecule has 0 aromatic heterocycles. The van der Waals surface area contributed by atoms with Crippen molar-refractivity contribution >= 4 is 15.9 Å². The molecule has 1 aliphatic rings. The van der Waals surface area contributed by atoms with Crippen LogP contribution in [0.5, 0.6) is 0 Å². The Morgan fingerprint density at radius 2 is 2.08 bits per heavy atom. The van der Waals surface area contributed by atoms with E-state index < -0.39 is 0 Å². The van der Waals surface area contributed by atoms with Gasteiger partial charge in [-0.2, -0.15) is 0 Å². The number of benzene rings is 1. The highest BCUT2D eigenvalue weighted by atomic mass is 79.9. The summed E-state index contributed by atoms with van der Waals surface area (Å²) in [6, 6.07) is 10.9. The van der Waals surface area contributed by atoms with Gasteiger partial charge in [-0.3, -0.25) is 0 Å². The third-order valence-electron chi connectivity index (χ3n) is 3.04. The smallest absolute Gasteiger partial charge is 0.00599 e. The van der Waals surface area contributed by atoms with Crippen LogP contribution < -0.4 is 0 Å². The van der Waals surface area contributed by atoms with E-state index >= 15 is 0 Å². The largest absolute Gasteiger partial charge is 0.0925 e. The summed E-state index contributed by atoms with van der Waals surface area (Å²) in [5.41, 5.74) is 1.53. The fourth-order valence-electron chi connectivity index (χ4n) is 2.04. The minimum atomic E-state index is 0.824. The summed E-state index contributed by atoms with van der Waals surface area (Å²) in [5, 5.41) is 1.14. The van der Waals surface area contributed by atoms with Crippen LogP contribution in [0.4, 0.5) is 0 Å². The molecule has 1 aromatic carbocycles. The van der Waals surface area contributed by atoms with E-state index in [-0.39, 0.29) is 0 Å². The molecule has 1 aromatic rings. The predicted octanol–water partition coefficient (Wildman–Crippen LogP) is 3.82. The number of hydrogen-bond donors (Lipinski definition) is 0. The van der Waals surface area contributed by atoms with E-state index in [0.29, 0.717) is 0 Å². The lowest BCUT2D eigenvalue weighted by Crippen LogP contribution is -1.99. The molecule has 0 heterocycles. The molecule has 0 aliphatic heterocycles. The highest BCUT2D eigenvalue weighted by Gasteiger charge is 2.41. The maximum Gasteiger partial charge on any atom is 0.00599 e. The zero-order valence-electron chi connectivity index (χ0n) is 7.91. The highest BCUT2D eigenvalue weighted by Crippen LogP contribution is 2.51. The molecule has 1 aliphatic carbocycles. The van der Waals surface area contributed by atoms with E-state index in [4.69, 9.17) is 0 Å². The normalized spacial score (nSPS) is 28.5. The van der Waals surface area contributed by atoms with Crippen molar-refractivity contribution in [1.29, 1.82) is 0 Å². The molecule has 0 radical (unpaired) electrons. The molecule has 0 amide bonds. The zero-order valence-corrected chi connectivity index (χ0v) is 9.50. The van der Waals surface area contributed by atoms with Gasteiger partial charge in [0.05, 0.1) is 0 Å². The van der Waals surface area contributed by atoms with E-state index in [1.807, 2.05) is 0 Å². The van der Waals surface area contributed by atoms with Gasteiger partial charge < -0.3 is 0 Å². The molecule has 3 unspecified atom stereocenters. The predicted molar refractivity (Wildman–Crippen MR) is 60.2 cm³/mol. The van der Waals surface area contributed by atoms with Gasteiger partial charge >= 0.3 is 0 Å². The van der Waals surface area contributed by atoms with Crippen molar-refractivity contribution in [1.82, 2.24) is 0 Å². The molecular formula is C12H15Br. The minimum absolute atomic E-state index is 0.824. The number of alkyl halides is 1. The SMILES string of the molecule is CC(CBr)C1CC1c1ccccc1. The third kappa shape index (κ3) is 1.96. The molecule has 70 valence electrons. The Morgan fingerprint density at radius 1 is 1.38 bits per heavy atom. The van der Waals surface area contributed by atoms with Crippen LogP contribution in [0.3, 0.4) is 0 Å². The molecule has 0 spiro atoms. The van der Waals surface area contributed by atoms with E-state index in [1.165, 1.54) is 12.0 Å². The van der Waals surface area contributed by atoms with Crippen molar-refractivity contribution in [3.8, 4) is 0 Å². The van der Waals surface area contributed by atoms with Crippen LogP contribution in [0.2, 0.25) is 0 Å². The summed E-state index contributed by atoms with van der Waals surface area (Å²) in [7, 11) is 0. The van der Waals surface area contributed by atoms with E-state index in [0.717, 1.165) is 23.1 Å². The Morgan fingerprint density at radius 3 is 2.69 bits per heavy atom. The molecule has 1 saturated carbocycles. The molecule has 0 N–H and O–H groups in total. The maximum atomic E-state index is 3.56. The fraction of sp³-hybridized carbons (Fsp3) is 0.500. The molecule has 0 nitrogen and oxygen atoms in total. The highest BCUT2D eigenvalue weighted by molar-refractivity contribution is 9.09. The van der Waals surface area contributed by atoms with Gasteiger partial charge in [-0.25, -0.2) is 0 Å². The lowest BCUT2D eigenvalue weighted by molar-refractivity contribution is 0.561. The van der Waals surface area contributed by atoms with Crippen molar-refractivity contribution in [3.63, 3.8) is 0 Å². The quantitative estimate of drug-likeness (QED) is 0.703. The molecule has 3 atom stereocenters. The Labute approximate surface area is 88.5 Å². The van der Waals surface area contributed by atoms with Crippen molar-refractivity contribution < 1.29 is 0 Å². The molecule has 2 rings (SSSR count). The second kappa shape index (κ2) is 3.83. The second-order valence-electron chi connectivity index (χ2n) is 4.05. The Kier molecular flexibility index (Phi) is 2.73. The van der Waals surface area contributed by atoms with Crippen LogP contribution in [0.1, 0.15) is 24.8 Å². The van der Waals surface area contributed by atoms with E-state index in [9.17, 15) is 0 Å². The third-order valence-corrected chi connectivity index (χ3v) is 4.06. The van der Waals surface area contributed by atoms with Gasteiger partial charge in [0.25, 0.3) is 0 Å². The number of hydrogen-bond acceptors (Lipinski definition) is 0. The molecular weight excluding hydrogens is 224 g/mol. The zero-order chi connectivity index (χ0) is 9.26. The Hall–Kier alpha value is -0.300. The van der Waals surface area contributed by atoms with Crippen LogP contribution in [0.15, 0.2) is 30.3 Å². The van der Waals surface area contributed by atoms with Gasteiger partial charge in [0.1, 0.15) is 0 Å². The molecule has 1 fully saturated rings. The van der Waals surface area contributed by atoms with Crippen LogP contribution in [-0.2, 0) is 0 Å². The Bertz CT molecular complexity index is 268. The molecule has 13 heavy (non-hydrogen) atoms. The van der Waals surface area contributed by atoms with Crippen molar-refractivity contribution in [3.05, 3.63) is 35.9 Å².